The van der Waals surface area contributed by atoms with Crippen LogP contribution in [0.2, 0.25) is 0 Å². The average Bonchev–Trinajstić information content (AvgIpc) is 3.27. The molecule has 9 heteroatoms. The molecule has 1 N–H and O–H groups in total. The lowest BCUT2D eigenvalue weighted by atomic mass is 10.2. The van der Waals surface area contributed by atoms with Crippen LogP contribution in [-0.4, -0.2) is 26.8 Å². The summed E-state index contributed by atoms with van der Waals surface area (Å²) in [5.41, 5.74) is 0.844. The van der Waals surface area contributed by atoms with Crippen molar-refractivity contribution in [2.75, 3.05) is 11.4 Å². The van der Waals surface area contributed by atoms with E-state index in [1.54, 1.807) is 30.3 Å². The van der Waals surface area contributed by atoms with Crippen LogP contribution in [0.15, 0.2) is 76.2 Å². The Hall–Kier alpha value is -3.46. The van der Waals surface area contributed by atoms with Crippen molar-refractivity contribution in [2.24, 2.45) is 0 Å². The van der Waals surface area contributed by atoms with Crippen LogP contribution in [0.4, 0.5) is 10.1 Å². The number of hydrogen-bond donors (Lipinski definition) is 1. The van der Waals surface area contributed by atoms with Crippen LogP contribution in [0.3, 0.4) is 0 Å². The number of furan rings is 1. The van der Waals surface area contributed by atoms with E-state index in [1.807, 2.05) is 0 Å². The van der Waals surface area contributed by atoms with Gasteiger partial charge in [-0.05, 0) is 42.0 Å². The van der Waals surface area contributed by atoms with Crippen molar-refractivity contribution in [3.63, 3.8) is 0 Å². The molecule has 0 radical (unpaired) electrons. The fraction of sp³-hybridized carbons (Fsp3) is 0.182. The van der Waals surface area contributed by atoms with Crippen molar-refractivity contribution in [1.29, 1.82) is 0 Å². The molecular formula is C22H19FN2O5S. The summed E-state index contributed by atoms with van der Waals surface area (Å²) in [6.07, 6.45) is 1.00. The summed E-state index contributed by atoms with van der Waals surface area (Å²) in [7, 11) is -3.93. The van der Waals surface area contributed by atoms with Crippen LogP contribution in [0.5, 0.6) is 0 Å². The highest BCUT2D eigenvalue weighted by Crippen LogP contribution is 2.40. The minimum Gasteiger partial charge on any atom is -0.468 e. The third-order valence-corrected chi connectivity index (χ3v) is 7.17. The Kier molecular flexibility index (Phi) is 5.60. The lowest BCUT2D eigenvalue weighted by molar-refractivity contribution is -0.124. The van der Waals surface area contributed by atoms with Gasteiger partial charge in [-0.15, -0.1) is 0 Å². The fourth-order valence-electron chi connectivity index (χ4n) is 3.49. The van der Waals surface area contributed by atoms with Crippen molar-refractivity contribution in [3.8, 4) is 0 Å². The van der Waals surface area contributed by atoms with Crippen LogP contribution < -0.4 is 10.2 Å². The molecule has 1 aromatic heterocycles. The number of sulfone groups is 1. The fourth-order valence-corrected chi connectivity index (χ4v) is 5.34. The van der Waals surface area contributed by atoms with Gasteiger partial charge in [0, 0.05) is 6.54 Å². The summed E-state index contributed by atoms with van der Waals surface area (Å²) in [6, 6.07) is 14.8. The lowest BCUT2D eigenvalue weighted by Gasteiger charge is -2.21. The number of amides is 2. The first-order chi connectivity index (χ1) is 14.9. The number of carbonyl (C=O) groups is 2. The van der Waals surface area contributed by atoms with Crippen LogP contribution >= 0.6 is 0 Å². The zero-order chi connectivity index (χ0) is 22.0. The highest BCUT2D eigenvalue weighted by atomic mass is 32.2. The number of rotatable bonds is 5. The average molecular weight is 442 g/mol. The molecular weight excluding hydrogens is 423 g/mol. The first-order valence-electron chi connectivity index (χ1n) is 9.54. The maximum atomic E-state index is 13.3. The molecule has 2 amide bonds. The van der Waals surface area contributed by atoms with Gasteiger partial charge >= 0.3 is 0 Å². The molecule has 1 unspecified atom stereocenters. The Balaban J connectivity index is 1.60. The van der Waals surface area contributed by atoms with E-state index in [-0.39, 0.29) is 41.7 Å². The Bertz CT molecular complexity index is 1210. The second-order valence-corrected chi connectivity index (χ2v) is 9.20. The molecule has 7 nitrogen and oxygen atoms in total. The molecule has 1 aliphatic heterocycles. The summed E-state index contributed by atoms with van der Waals surface area (Å²) in [6.45, 7) is -0.201. The predicted molar refractivity (Wildman–Crippen MR) is 110 cm³/mol. The number of nitrogens with one attached hydrogen (secondary N) is 1. The van der Waals surface area contributed by atoms with Crippen molar-refractivity contribution in [3.05, 3.63) is 84.1 Å². The normalized spacial score (nSPS) is 17.6. The van der Waals surface area contributed by atoms with Crippen LogP contribution in [0, 0.1) is 5.82 Å². The van der Waals surface area contributed by atoms with Crippen molar-refractivity contribution >= 4 is 27.3 Å². The Morgan fingerprint density at radius 1 is 1.10 bits per heavy atom. The van der Waals surface area contributed by atoms with Gasteiger partial charge in [0.1, 0.15) is 23.4 Å². The SMILES string of the molecule is O=C(CN1C(=O)CC(c2ccco2)S(=O)(=O)c2ccccc21)NCc1ccc(F)cc1. The van der Waals surface area contributed by atoms with E-state index in [4.69, 9.17) is 4.42 Å². The van der Waals surface area contributed by atoms with E-state index in [2.05, 4.69) is 5.32 Å². The minimum atomic E-state index is -3.93. The van der Waals surface area contributed by atoms with Gasteiger partial charge in [0.05, 0.1) is 23.3 Å². The number of benzene rings is 2. The van der Waals surface area contributed by atoms with Crippen molar-refractivity contribution < 1.29 is 26.8 Å². The molecule has 2 heterocycles. The van der Waals surface area contributed by atoms with Crippen LogP contribution in [-0.2, 0) is 26.0 Å². The molecule has 0 bridgehead atoms. The van der Waals surface area contributed by atoms with E-state index < -0.39 is 26.9 Å². The number of nitrogens with zero attached hydrogens (tertiary/aromatic N) is 1. The van der Waals surface area contributed by atoms with Gasteiger partial charge in [-0.2, -0.15) is 0 Å². The van der Waals surface area contributed by atoms with Crippen LogP contribution in [0.25, 0.3) is 0 Å². The molecule has 2 aromatic carbocycles. The van der Waals surface area contributed by atoms with Crippen LogP contribution in [0.1, 0.15) is 23.0 Å². The molecule has 0 fully saturated rings. The monoisotopic (exact) mass is 442 g/mol. The highest BCUT2D eigenvalue weighted by molar-refractivity contribution is 7.91. The maximum absolute atomic E-state index is 13.3. The Morgan fingerprint density at radius 2 is 1.84 bits per heavy atom. The molecule has 1 aliphatic rings. The molecule has 3 aromatic rings. The van der Waals surface area contributed by atoms with Crippen molar-refractivity contribution in [2.45, 2.75) is 23.1 Å². The molecule has 0 aliphatic carbocycles. The largest absolute Gasteiger partial charge is 0.468 e. The second-order valence-electron chi connectivity index (χ2n) is 7.10. The Morgan fingerprint density at radius 3 is 2.55 bits per heavy atom. The predicted octanol–water partition coefficient (Wildman–Crippen LogP) is 2.99. The molecule has 4 rings (SSSR count). The van der Waals surface area contributed by atoms with Gasteiger partial charge in [-0.1, -0.05) is 24.3 Å². The van der Waals surface area contributed by atoms with Gasteiger partial charge in [0.25, 0.3) is 0 Å². The lowest BCUT2D eigenvalue weighted by Crippen LogP contribution is -2.40. The summed E-state index contributed by atoms with van der Waals surface area (Å²) in [5, 5.41) is 1.50. The topological polar surface area (TPSA) is 96.7 Å². The quantitative estimate of drug-likeness (QED) is 0.655. The standard InChI is InChI=1S/C22H19FN2O5S/c23-16-9-7-15(8-10-16)13-24-21(26)14-25-17-4-1-2-6-19(17)31(28,29)20(12-22(25)27)18-5-3-11-30-18/h1-11,20H,12-14H2,(H,24,26). The number of anilines is 1. The van der Waals surface area contributed by atoms with Gasteiger partial charge in [0.15, 0.2) is 9.84 Å². The second kappa shape index (κ2) is 8.35. The minimum absolute atomic E-state index is 0.0337. The van der Waals surface area contributed by atoms with Gasteiger partial charge in [-0.3, -0.25) is 9.59 Å². The van der Waals surface area contributed by atoms with E-state index in [0.29, 0.717) is 5.56 Å². The Labute approximate surface area is 178 Å². The molecule has 160 valence electrons. The first-order valence-corrected chi connectivity index (χ1v) is 11.1. The van der Waals surface area contributed by atoms with Crippen molar-refractivity contribution in [1.82, 2.24) is 5.32 Å². The number of hydrogen-bond acceptors (Lipinski definition) is 5. The van der Waals surface area contributed by atoms with E-state index in [1.165, 1.54) is 41.5 Å². The van der Waals surface area contributed by atoms with E-state index >= 15 is 0 Å². The first kappa shape index (κ1) is 20.8. The number of para-hydroxylation sites is 1. The zero-order valence-electron chi connectivity index (χ0n) is 16.3. The molecule has 0 saturated carbocycles. The summed E-state index contributed by atoms with van der Waals surface area (Å²) < 4.78 is 44.8. The third-order valence-electron chi connectivity index (χ3n) is 5.06. The van der Waals surface area contributed by atoms with Gasteiger partial charge in [0.2, 0.25) is 11.8 Å². The number of carbonyl (C=O) groups excluding carboxylic acids is 2. The van der Waals surface area contributed by atoms with E-state index in [9.17, 15) is 22.4 Å². The van der Waals surface area contributed by atoms with Gasteiger partial charge in [-0.25, -0.2) is 12.8 Å². The smallest absolute Gasteiger partial charge is 0.240 e. The highest BCUT2D eigenvalue weighted by Gasteiger charge is 2.41. The maximum Gasteiger partial charge on any atom is 0.240 e. The summed E-state index contributed by atoms with van der Waals surface area (Å²) in [5.74, 6) is -1.19. The number of halogens is 1. The third kappa shape index (κ3) is 4.22. The molecule has 0 saturated heterocycles. The van der Waals surface area contributed by atoms with Gasteiger partial charge < -0.3 is 14.6 Å². The summed E-state index contributed by atoms with van der Waals surface area (Å²) in [4.78, 5) is 26.7. The molecule has 1 atom stereocenters. The van der Waals surface area contributed by atoms with E-state index in [0.717, 1.165) is 0 Å². The summed E-state index contributed by atoms with van der Waals surface area (Å²) >= 11 is 0. The number of fused-ring (bicyclic) bond motifs is 1. The molecule has 31 heavy (non-hydrogen) atoms. The molecule has 0 spiro atoms. The zero-order valence-corrected chi connectivity index (χ0v) is 17.1.